The van der Waals surface area contributed by atoms with Gasteiger partial charge in [-0.2, -0.15) is 0 Å². The number of halogens is 1. The number of rotatable bonds is 8. The molecule has 2 N–H and O–H groups in total. The predicted octanol–water partition coefficient (Wildman–Crippen LogP) is 2.32. The summed E-state index contributed by atoms with van der Waals surface area (Å²) in [5.41, 5.74) is 7.30. The summed E-state index contributed by atoms with van der Waals surface area (Å²) >= 11 is 6.21. The van der Waals surface area contributed by atoms with Crippen molar-refractivity contribution < 1.29 is 17.9 Å². The third-order valence-electron chi connectivity index (χ3n) is 5.37. The van der Waals surface area contributed by atoms with Crippen molar-refractivity contribution in [2.75, 3.05) is 38.5 Å². The lowest BCUT2D eigenvalue weighted by atomic mass is 10.1. The highest BCUT2D eigenvalue weighted by atomic mass is 35.5. The highest BCUT2D eigenvalue weighted by Gasteiger charge is 2.21. The fourth-order valence-corrected chi connectivity index (χ4v) is 4.54. The number of benzene rings is 2. The number of nitrogens with two attached hydrogens (primary N) is 1. The Balaban J connectivity index is 1.63. The van der Waals surface area contributed by atoms with Crippen molar-refractivity contribution in [3.63, 3.8) is 0 Å². The van der Waals surface area contributed by atoms with E-state index in [1.54, 1.807) is 42.2 Å². The largest absolute Gasteiger partial charge is 0.489 e. The van der Waals surface area contributed by atoms with Crippen molar-refractivity contribution in [2.45, 2.75) is 25.0 Å². The third kappa shape index (κ3) is 6.20. The molecule has 0 spiro atoms. The average molecular weight is 466 g/mol. The molecule has 1 aliphatic heterocycles. The molecule has 3 rings (SSSR count). The lowest BCUT2D eigenvalue weighted by molar-refractivity contribution is -0.131. The average Bonchev–Trinajstić information content (AvgIpc) is 2.79. The number of ether oxygens (including phenoxy) is 1. The van der Waals surface area contributed by atoms with Crippen LogP contribution < -0.4 is 10.5 Å². The molecule has 1 amide bonds. The van der Waals surface area contributed by atoms with Crippen LogP contribution in [0.15, 0.2) is 47.4 Å². The molecule has 0 bridgehead atoms. The van der Waals surface area contributed by atoms with Crippen LogP contribution in [0.25, 0.3) is 0 Å². The number of carbonyl (C=O) groups is 1. The Morgan fingerprint density at radius 3 is 2.39 bits per heavy atom. The van der Waals surface area contributed by atoms with Gasteiger partial charge < -0.3 is 15.4 Å². The Bertz CT molecular complexity index is 1000. The van der Waals surface area contributed by atoms with Gasteiger partial charge in [-0.3, -0.25) is 9.69 Å². The van der Waals surface area contributed by atoms with Gasteiger partial charge in [0.2, 0.25) is 5.91 Å². The van der Waals surface area contributed by atoms with E-state index in [-0.39, 0.29) is 18.2 Å². The fourth-order valence-electron chi connectivity index (χ4n) is 3.46. The molecule has 2 aromatic rings. The van der Waals surface area contributed by atoms with Crippen molar-refractivity contribution in [1.29, 1.82) is 0 Å². The molecule has 7 nitrogen and oxygen atoms in total. The van der Waals surface area contributed by atoms with Crippen molar-refractivity contribution in [2.24, 2.45) is 5.73 Å². The van der Waals surface area contributed by atoms with E-state index in [1.165, 1.54) is 0 Å². The van der Waals surface area contributed by atoms with Crippen LogP contribution in [0.3, 0.4) is 0 Å². The van der Waals surface area contributed by atoms with E-state index in [9.17, 15) is 13.2 Å². The van der Waals surface area contributed by atoms with E-state index >= 15 is 0 Å². The monoisotopic (exact) mass is 465 g/mol. The number of hydrogen-bond donors (Lipinski definition) is 1. The first-order valence-corrected chi connectivity index (χ1v) is 12.3. The normalized spacial score (nSPS) is 15.1. The molecule has 0 unspecified atom stereocenters. The molecule has 1 saturated heterocycles. The molecule has 0 radical (unpaired) electrons. The summed E-state index contributed by atoms with van der Waals surface area (Å²) in [6, 6.07) is 12.3. The zero-order valence-corrected chi connectivity index (χ0v) is 19.2. The first kappa shape index (κ1) is 23.5. The van der Waals surface area contributed by atoms with E-state index in [0.29, 0.717) is 36.2 Å². The second-order valence-corrected chi connectivity index (χ2v) is 10.2. The number of piperazine rings is 1. The molecule has 1 aliphatic rings. The van der Waals surface area contributed by atoms with E-state index in [1.807, 2.05) is 12.1 Å². The molecule has 31 heavy (non-hydrogen) atoms. The molecule has 0 saturated carbocycles. The third-order valence-corrected chi connectivity index (χ3v) is 7.36. The van der Waals surface area contributed by atoms with Gasteiger partial charge in [0.05, 0.1) is 17.2 Å². The molecule has 1 heterocycles. The molecule has 168 valence electrons. The van der Waals surface area contributed by atoms with Gasteiger partial charge in [-0.15, -0.1) is 0 Å². The maximum atomic E-state index is 12.0. The van der Waals surface area contributed by atoms with Crippen molar-refractivity contribution >= 4 is 27.3 Å². The lowest BCUT2D eigenvalue weighted by Gasteiger charge is -2.34. The number of hydrogen-bond acceptors (Lipinski definition) is 6. The van der Waals surface area contributed by atoms with E-state index in [2.05, 4.69) is 4.90 Å². The smallest absolute Gasteiger partial charge is 0.236 e. The summed E-state index contributed by atoms with van der Waals surface area (Å²) in [7, 11) is -3.21. The first-order chi connectivity index (χ1) is 14.8. The maximum Gasteiger partial charge on any atom is 0.236 e. The molecule has 0 aliphatic carbocycles. The molecule has 1 fully saturated rings. The first-order valence-electron chi connectivity index (χ1n) is 10.3. The molecule has 2 aromatic carbocycles. The van der Waals surface area contributed by atoms with Crippen LogP contribution in [0.1, 0.15) is 18.1 Å². The number of amides is 1. The van der Waals surface area contributed by atoms with E-state index in [4.69, 9.17) is 22.1 Å². The van der Waals surface area contributed by atoms with Gasteiger partial charge in [0, 0.05) is 43.3 Å². The van der Waals surface area contributed by atoms with Crippen molar-refractivity contribution in [3.8, 4) is 5.75 Å². The summed E-state index contributed by atoms with van der Waals surface area (Å²) in [5, 5.41) is 0.633. The Hall–Kier alpha value is -2.13. The van der Waals surface area contributed by atoms with Crippen LogP contribution in [0.5, 0.6) is 5.75 Å². The van der Waals surface area contributed by atoms with Gasteiger partial charge in [-0.1, -0.05) is 30.7 Å². The van der Waals surface area contributed by atoms with Gasteiger partial charge in [0.15, 0.2) is 9.84 Å². The summed E-state index contributed by atoms with van der Waals surface area (Å²) in [4.78, 5) is 16.1. The van der Waals surface area contributed by atoms with Gasteiger partial charge in [0.25, 0.3) is 0 Å². The quantitative estimate of drug-likeness (QED) is 0.643. The van der Waals surface area contributed by atoms with Gasteiger partial charge in [-0.05, 0) is 35.9 Å². The lowest BCUT2D eigenvalue weighted by Crippen LogP contribution is -2.49. The second-order valence-electron chi connectivity index (χ2n) is 7.45. The Labute approximate surface area is 188 Å². The summed E-state index contributed by atoms with van der Waals surface area (Å²) in [6.07, 6.45) is 0. The second kappa shape index (κ2) is 10.5. The van der Waals surface area contributed by atoms with Gasteiger partial charge >= 0.3 is 0 Å². The maximum absolute atomic E-state index is 12.0. The van der Waals surface area contributed by atoms with Crippen LogP contribution in [0.2, 0.25) is 5.02 Å². The highest BCUT2D eigenvalue weighted by molar-refractivity contribution is 7.91. The minimum atomic E-state index is -3.21. The Kier molecular flexibility index (Phi) is 7.94. The summed E-state index contributed by atoms with van der Waals surface area (Å²) in [6.45, 7) is 5.46. The van der Waals surface area contributed by atoms with Crippen LogP contribution in [0.4, 0.5) is 0 Å². The standard InChI is InChI=1S/C22H28ClN3O4S/c1-2-31(28,29)20-6-3-17(4-7-20)16-30-21-8-5-19(23)13-18(21)15-25-9-11-26(12-10-25)22(27)14-24/h3-8,13H,2,9-12,14-16,24H2,1H3. The fraction of sp³-hybridized carbons (Fsp3) is 0.409. The molecule has 0 atom stereocenters. The number of carbonyl (C=O) groups excluding carboxylic acids is 1. The minimum Gasteiger partial charge on any atom is -0.489 e. The van der Waals surface area contributed by atoms with E-state index < -0.39 is 9.84 Å². The Morgan fingerprint density at radius 2 is 1.77 bits per heavy atom. The van der Waals surface area contributed by atoms with Crippen LogP contribution in [-0.4, -0.2) is 62.6 Å². The number of nitrogens with zero attached hydrogens (tertiary/aromatic N) is 2. The molecular formula is C22H28ClN3O4S. The van der Waals surface area contributed by atoms with Crippen LogP contribution >= 0.6 is 11.6 Å². The minimum absolute atomic E-state index is 0.0239. The molecular weight excluding hydrogens is 438 g/mol. The molecule has 0 aromatic heterocycles. The number of sulfone groups is 1. The van der Waals surface area contributed by atoms with Crippen LogP contribution in [-0.2, 0) is 27.8 Å². The summed E-state index contributed by atoms with van der Waals surface area (Å²) in [5.74, 6) is 0.783. The van der Waals surface area contributed by atoms with Gasteiger partial charge in [-0.25, -0.2) is 8.42 Å². The summed E-state index contributed by atoms with van der Waals surface area (Å²) < 4.78 is 29.9. The topological polar surface area (TPSA) is 92.9 Å². The molecule has 9 heteroatoms. The zero-order chi connectivity index (χ0) is 22.4. The SMILES string of the molecule is CCS(=O)(=O)c1ccc(COc2ccc(Cl)cc2CN2CCN(C(=O)CN)CC2)cc1. The van der Waals surface area contributed by atoms with Crippen molar-refractivity contribution in [1.82, 2.24) is 9.80 Å². The predicted molar refractivity (Wildman–Crippen MR) is 121 cm³/mol. The van der Waals surface area contributed by atoms with Crippen molar-refractivity contribution in [3.05, 3.63) is 58.6 Å². The van der Waals surface area contributed by atoms with Gasteiger partial charge in [0.1, 0.15) is 12.4 Å². The highest BCUT2D eigenvalue weighted by Crippen LogP contribution is 2.26. The van der Waals surface area contributed by atoms with Crippen LogP contribution in [0, 0.1) is 0 Å². The van der Waals surface area contributed by atoms with E-state index in [0.717, 1.165) is 30.0 Å². The Morgan fingerprint density at radius 1 is 1.10 bits per heavy atom. The zero-order valence-electron chi connectivity index (χ0n) is 17.6.